The number of sulfone groups is 1. The molecule has 0 fully saturated rings. The number of carbonyl (C=O) groups excluding carboxylic acids is 1. The van der Waals surface area contributed by atoms with E-state index in [-0.39, 0.29) is 16.4 Å². The number of halogens is 1. The fourth-order valence-corrected chi connectivity index (χ4v) is 3.97. The average Bonchev–Trinajstić information content (AvgIpc) is 2.63. The van der Waals surface area contributed by atoms with Gasteiger partial charge in [0, 0.05) is 16.6 Å². The molecule has 2 aromatic carbocycles. The van der Waals surface area contributed by atoms with E-state index >= 15 is 0 Å². The monoisotopic (exact) mass is 448 g/mol. The Morgan fingerprint density at radius 1 is 1.19 bits per heavy atom. The first-order valence-corrected chi connectivity index (χ1v) is 10.9. The summed E-state index contributed by atoms with van der Waals surface area (Å²) in [6, 6.07) is 14.2. The van der Waals surface area contributed by atoms with Crippen LogP contribution in [-0.4, -0.2) is 19.6 Å². The van der Waals surface area contributed by atoms with Gasteiger partial charge in [-0.2, -0.15) is 5.26 Å². The highest BCUT2D eigenvalue weighted by atomic mass is 79.9. The lowest BCUT2D eigenvalue weighted by Gasteiger charge is -2.11. The van der Waals surface area contributed by atoms with Gasteiger partial charge in [-0.15, -0.1) is 0 Å². The highest BCUT2D eigenvalue weighted by Gasteiger charge is 2.23. The minimum absolute atomic E-state index is 0.00626. The van der Waals surface area contributed by atoms with Gasteiger partial charge in [0.2, 0.25) is 5.91 Å². The number of aryl methyl sites for hydroxylation is 1. The normalized spacial score (nSPS) is 11.2. The Morgan fingerprint density at radius 2 is 1.85 bits per heavy atom. The largest absolute Gasteiger partial charge is 0.326 e. The first-order valence-electron chi connectivity index (χ1n) is 8.56. The molecule has 5 nitrogen and oxygen atoms in total. The van der Waals surface area contributed by atoms with Gasteiger partial charge < -0.3 is 5.32 Å². The summed E-state index contributed by atoms with van der Waals surface area (Å²) >= 11 is 3.39. The molecule has 0 atom stereocenters. The number of amides is 1. The van der Waals surface area contributed by atoms with Crippen molar-refractivity contribution in [3.63, 3.8) is 0 Å². The Labute approximate surface area is 168 Å². The van der Waals surface area contributed by atoms with Crippen LogP contribution >= 0.6 is 15.9 Å². The first-order chi connectivity index (χ1) is 12.7. The maximum atomic E-state index is 12.3. The molecule has 0 unspecified atom stereocenters. The smallest absolute Gasteiger partial charge is 0.224 e. The number of nitrogens with zero attached hydrogens (tertiary/aromatic N) is 1. The summed E-state index contributed by atoms with van der Waals surface area (Å²) in [6.45, 7) is 3.13. The molecule has 0 radical (unpaired) electrons. The second-order valence-corrected chi connectivity index (χ2v) is 9.83. The molecule has 7 heteroatoms. The zero-order chi connectivity index (χ0) is 20.0. The maximum Gasteiger partial charge on any atom is 0.224 e. The molecule has 0 aliphatic heterocycles. The van der Waals surface area contributed by atoms with Crippen molar-refractivity contribution in [3.8, 4) is 6.07 Å². The van der Waals surface area contributed by atoms with E-state index in [0.29, 0.717) is 18.5 Å². The third-order valence-electron chi connectivity index (χ3n) is 4.09. The number of nitriles is 1. The van der Waals surface area contributed by atoms with Crippen LogP contribution in [-0.2, 0) is 21.1 Å². The predicted molar refractivity (Wildman–Crippen MR) is 109 cm³/mol. The molecule has 0 bridgehead atoms. The van der Waals surface area contributed by atoms with Crippen molar-refractivity contribution in [1.29, 1.82) is 5.26 Å². The Balaban J connectivity index is 1.99. The van der Waals surface area contributed by atoms with Crippen LogP contribution in [0.1, 0.15) is 37.8 Å². The van der Waals surface area contributed by atoms with Crippen LogP contribution < -0.4 is 5.32 Å². The molecule has 1 N–H and O–H groups in total. The van der Waals surface area contributed by atoms with E-state index in [1.54, 1.807) is 13.8 Å². The second kappa shape index (κ2) is 9.16. The van der Waals surface area contributed by atoms with Gasteiger partial charge in [0.05, 0.1) is 15.7 Å². The minimum atomic E-state index is -3.55. The van der Waals surface area contributed by atoms with E-state index in [1.165, 1.54) is 18.2 Å². The van der Waals surface area contributed by atoms with Gasteiger partial charge in [-0.3, -0.25) is 4.79 Å². The average molecular weight is 449 g/mol. The molecule has 2 rings (SSSR count). The Hall–Kier alpha value is -2.17. The minimum Gasteiger partial charge on any atom is -0.326 e. The molecule has 0 saturated carbocycles. The summed E-state index contributed by atoms with van der Waals surface area (Å²) in [5, 5.41) is 11.4. The number of carbonyl (C=O) groups is 1. The van der Waals surface area contributed by atoms with Crippen molar-refractivity contribution in [1.82, 2.24) is 0 Å². The highest BCUT2D eigenvalue weighted by Crippen LogP contribution is 2.23. The predicted octanol–water partition coefficient (Wildman–Crippen LogP) is 4.46. The van der Waals surface area contributed by atoms with Crippen LogP contribution in [0.15, 0.2) is 51.8 Å². The standard InChI is InChI=1S/C20H21BrN2O3S/c1-14(2)27(25,26)19-11-10-18(12-16(19)13-22)23-20(24)5-3-4-15-6-8-17(21)9-7-15/h6-12,14H,3-5H2,1-2H3,(H,23,24). The molecule has 0 aliphatic carbocycles. The van der Waals surface area contributed by atoms with E-state index in [9.17, 15) is 18.5 Å². The summed E-state index contributed by atoms with van der Waals surface area (Å²) in [4.78, 5) is 12.1. The lowest BCUT2D eigenvalue weighted by atomic mass is 10.1. The Bertz CT molecular complexity index is 962. The van der Waals surface area contributed by atoms with E-state index < -0.39 is 15.1 Å². The van der Waals surface area contributed by atoms with Gasteiger partial charge in [0.15, 0.2) is 9.84 Å². The van der Waals surface area contributed by atoms with Crippen molar-refractivity contribution in [3.05, 3.63) is 58.1 Å². The number of hydrogen-bond donors (Lipinski definition) is 1. The number of nitrogens with one attached hydrogen (secondary N) is 1. The molecular formula is C20H21BrN2O3S. The lowest BCUT2D eigenvalue weighted by molar-refractivity contribution is -0.116. The fraction of sp³-hybridized carbons (Fsp3) is 0.300. The topological polar surface area (TPSA) is 87.0 Å². The van der Waals surface area contributed by atoms with Crippen LogP contribution in [0.25, 0.3) is 0 Å². The molecule has 27 heavy (non-hydrogen) atoms. The molecule has 0 spiro atoms. The van der Waals surface area contributed by atoms with Crippen LogP contribution in [0.5, 0.6) is 0 Å². The summed E-state index contributed by atoms with van der Waals surface area (Å²) in [5.41, 5.74) is 1.61. The zero-order valence-corrected chi connectivity index (χ0v) is 17.6. The lowest BCUT2D eigenvalue weighted by Crippen LogP contribution is -2.16. The van der Waals surface area contributed by atoms with Crippen LogP contribution in [0.4, 0.5) is 5.69 Å². The van der Waals surface area contributed by atoms with Crippen molar-refractivity contribution in [2.75, 3.05) is 5.32 Å². The van der Waals surface area contributed by atoms with Gasteiger partial charge in [-0.1, -0.05) is 28.1 Å². The molecule has 2 aromatic rings. The highest BCUT2D eigenvalue weighted by molar-refractivity contribution is 9.10. The molecule has 0 saturated heterocycles. The van der Waals surface area contributed by atoms with E-state index in [1.807, 2.05) is 30.3 Å². The SMILES string of the molecule is CC(C)S(=O)(=O)c1ccc(NC(=O)CCCc2ccc(Br)cc2)cc1C#N. The van der Waals surface area contributed by atoms with E-state index in [4.69, 9.17) is 0 Å². The van der Waals surface area contributed by atoms with Gasteiger partial charge in [-0.25, -0.2) is 8.42 Å². The Kier molecular flexibility index (Phi) is 7.17. The zero-order valence-electron chi connectivity index (χ0n) is 15.2. The van der Waals surface area contributed by atoms with Gasteiger partial charge in [0.25, 0.3) is 0 Å². The summed E-state index contributed by atoms with van der Waals surface area (Å²) in [7, 11) is -3.55. The number of benzene rings is 2. The molecule has 142 valence electrons. The summed E-state index contributed by atoms with van der Waals surface area (Å²) in [5.74, 6) is -0.171. The van der Waals surface area contributed by atoms with E-state index in [2.05, 4.69) is 21.2 Å². The second-order valence-electron chi connectivity index (χ2n) is 6.44. The third kappa shape index (κ3) is 5.65. The summed E-state index contributed by atoms with van der Waals surface area (Å²) < 4.78 is 25.6. The summed E-state index contributed by atoms with van der Waals surface area (Å²) in [6.07, 6.45) is 1.82. The van der Waals surface area contributed by atoms with Crippen molar-refractivity contribution >= 4 is 37.4 Å². The molecule has 0 aliphatic rings. The maximum absolute atomic E-state index is 12.3. The number of rotatable bonds is 7. The Morgan fingerprint density at radius 3 is 2.44 bits per heavy atom. The number of anilines is 1. The van der Waals surface area contributed by atoms with Crippen LogP contribution in [0.2, 0.25) is 0 Å². The van der Waals surface area contributed by atoms with Crippen molar-refractivity contribution < 1.29 is 13.2 Å². The van der Waals surface area contributed by atoms with Crippen LogP contribution in [0.3, 0.4) is 0 Å². The molecule has 0 heterocycles. The molecule has 1 amide bonds. The van der Waals surface area contributed by atoms with Gasteiger partial charge in [-0.05, 0) is 62.6 Å². The number of hydrogen-bond acceptors (Lipinski definition) is 4. The van der Waals surface area contributed by atoms with Gasteiger partial charge in [0.1, 0.15) is 6.07 Å². The van der Waals surface area contributed by atoms with Crippen LogP contribution in [0, 0.1) is 11.3 Å². The molecule has 0 aromatic heterocycles. The van der Waals surface area contributed by atoms with Crippen molar-refractivity contribution in [2.24, 2.45) is 0 Å². The van der Waals surface area contributed by atoms with Gasteiger partial charge >= 0.3 is 0 Å². The quantitative estimate of drug-likeness (QED) is 0.676. The fourth-order valence-electron chi connectivity index (χ4n) is 2.52. The first kappa shape index (κ1) is 21.1. The molecular weight excluding hydrogens is 428 g/mol. The third-order valence-corrected chi connectivity index (χ3v) is 6.83. The van der Waals surface area contributed by atoms with Crippen molar-refractivity contribution in [2.45, 2.75) is 43.3 Å². The van der Waals surface area contributed by atoms with E-state index in [0.717, 1.165) is 16.5 Å².